The van der Waals surface area contributed by atoms with Crippen molar-refractivity contribution in [2.24, 2.45) is 11.8 Å². The SMILES string of the molecule is CC(C(=O)NCCc1ccc(-n2cccn2)cc1)C1CNC1.Cl. The van der Waals surface area contributed by atoms with Gasteiger partial charge in [0.15, 0.2) is 0 Å². The molecule has 1 unspecified atom stereocenters. The van der Waals surface area contributed by atoms with E-state index >= 15 is 0 Å². The van der Waals surface area contributed by atoms with E-state index < -0.39 is 0 Å². The van der Waals surface area contributed by atoms with Crippen LogP contribution >= 0.6 is 12.4 Å². The van der Waals surface area contributed by atoms with Gasteiger partial charge in [-0.1, -0.05) is 19.1 Å². The minimum atomic E-state index is 0. The van der Waals surface area contributed by atoms with Gasteiger partial charge in [-0.25, -0.2) is 4.68 Å². The number of amides is 1. The number of benzene rings is 1. The maximum Gasteiger partial charge on any atom is 0.223 e. The Bertz CT molecular complexity index is 608. The van der Waals surface area contributed by atoms with Gasteiger partial charge in [0.1, 0.15) is 0 Å². The molecule has 1 amide bonds. The highest BCUT2D eigenvalue weighted by Crippen LogP contribution is 2.15. The van der Waals surface area contributed by atoms with Crippen LogP contribution in [0.3, 0.4) is 0 Å². The normalized spacial score (nSPS) is 15.3. The number of rotatable bonds is 6. The predicted octanol–water partition coefficient (Wildman–Crippen LogP) is 1.81. The summed E-state index contributed by atoms with van der Waals surface area (Å²) in [5.41, 5.74) is 2.26. The molecule has 1 aromatic heterocycles. The van der Waals surface area contributed by atoms with Crippen molar-refractivity contribution in [1.82, 2.24) is 20.4 Å². The van der Waals surface area contributed by atoms with Gasteiger partial charge in [0, 0.05) is 24.9 Å². The lowest BCUT2D eigenvalue weighted by Gasteiger charge is -2.31. The van der Waals surface area contributed by atoms with Gasteiger partial charge in [-0.2, -0.15) is 5.10 Å². The first-order chi connectivity index (χ1) is 10.7. The Morgan fingerprint density at radius 3 is 2.70 bits per heavy atom. The fraction of sp³-hybridized carbons (Fsp3) is 0.412. The van der Waals surface area contributed by atoms with Crippen molar-refractivity contribution in [1.29, 1.82) is 0 Å². The molecule has 1 aromatic carbocycles. The summed E-state index contributed by atoms with van der Waals surface area (Å²) in [7, 11) is 0. The standard InChI is InChI=1S/C17H22N4O.ClH/c1-13(15-11-18-12-15)17(22)19-9-7-14-3-5-16(6-4-14)21-10-2-8-20-21;/h2-6,8,10,13,15,18H,7,9,11-12H2,1H3,(H,19,22);1H. The molecule has 1 aliphatic heterocycles. The highest BCUT2D eigenvalue weighted by Gasteiger charge is 2.28. The zero-order chi connectivity index (χ0) is 15.4. The zero-order valence-electron chi connectivity index (χ0n) is 13.2. The number of hydrogen-bond acceptors (Lipinski definition) is 3. The third-order valence-corrected chi connectivity index (χ3v) is 4.35. The van der Waals surface area contributed by atoms with Crippen LogP contribution < -0.4 is 10.6 Å². The summed E-state index contributed by atoms with van der Waals surface area (Å²) in [5.74, 6) is 0.761. The third kappa shape index (κ3) is 4.33. The molecule has 1 saturated heterocycles. The smallest absolute Gasteiger partial charge is 0.223 e. The Hall–Kier alpha value is -1.85. The van der Waals surface area contributed by atoms with E-state index in [1.54, 1.807) is 6.20 Å². The third-order valence-electron chi connectivity index (χ3n) is 4.35. The molecule has 1 fully saturated rings. The summed E-state index contributed by atoms with van der Waals surface area (Å²) in [6.45, 7) is 4.62. The second-order valence-electron chi connectivity index (χ2n) is 5.87. The number of nitrogens with zero attached hydrogens (tertiary/aromatic N) is 2. The van der Waals surface area contributed by atoms with E-state index in [-0.39, 0.29) is 24.2 Å². The van der Waals surface area contributed by atoms with Crippen molar-refractivity contribution in [2.45, 2.75) is 13.3 Å². The van der Waals surface area contributed by atoms with E-state index in [9.17, 15) is 4.79 Å². The minimum Gasteiger partial charge on any atom is -0.356 e. The molecule has 2 aromatic rings. The van der Waals surface area contributed by atoms with Crippen LogP contribution in [0.25, 0.3) is 5.69 Å². The van der Waals surface area contributed by atoms with Crippen LogP contribution in [0.2, 0.25) is 0 Å². The number of hydrogen-bond donors (Lipinski definition) is 2. The quantitative estimate of drug-likeness (QED) is 0.847. The molecule has 124 valence electrons. The van der Waals surface area contributed by atoms with Crippen LogP contribution in [0, 0.1) is 11.8 Å². The number of halogens is 1. The Balaban J connectivity index is 0.00000192. The second-order valence-corrected chi connectivity index (χ2v) is 5.87. The molecular formula is C17H23ClN4O. The number of carbonyl (C=O) groups excluding carboxylic acids is 1. The Morgan fingerprint density at radius 2 is 2.13 bits per heavy atom. The van der Waals surface area contributed by atoms with E-state index in [0.29, 0.717) is 12.5 Å². The van der Waals surface area contributed by atoms with Crippen LogP contribution in [0.4, 0.5) is 0 Å². The summed E-state index contributed by atoms with van der Waals surface area (Å²) < 4.78 is 1.83. The molecule has 0 bridgehead atoms. The molecule has 1 aliphatic rings. The Kier molecular flexibility index (Phi) is 6.19. The van der Waals surface area contributed by atoms with Gasteiger partial charge >= 0.3 is 0 Å². The first-order valence-corrected chi connectivity index (χ1v) is 7.81. The molecule has 1 atom stereocenters. The first kappa shape index (κ1) is 17.5. The van der Waals surface area contributed by atoms with E-state index in [1.165, 1.54) is 5.56 Å². The summed E-state index contributed by atoms with van der Waals surface area (Å²) in [4.78, 5) is 12.0. The van der Waals surface area contributed by atoms with Crippen LogP contribution in [0.1, 0.15) is 12.5 Å². The maximum absolute atomic E-state index is 12.0. The lowest BCUT2D eigenvalue weighted by Crippen LogP contribution is -2.49. The molecule has 0 aliphatic carbocycles. The molecule has 2 N–H and O–H groups in total. The van der Waals surface area contributed by atoms with Crippen molar-refractivity contribution < 1.29 is 4.79 Å². The van der Waals surface area contributed by atoms with Gasteiger partial charge < -0.3 is 10.6 Å². The van der Waals surface area contributed by atoms with Crippen LogP contribution in [-0.4, -0.2) is 35.3 Å². The highest BCUT2D eigenvalue weighted by molar-refractivity contribution is 5.85. The zero-order valence-corrected chi connectivity index (χ0v) is 14.1. The first-order valence-electron chi connectivity index (χ1n) is 7.81. The fourth-order valence-corrected chi connectivity index (χ4v) is 2.61. The molecule has 23 heavy (non-hydrogen) atoms. The number of carbonyl (C=O) groups is 1. The predicted molar refractivity (Wildman–Crippen MR) is 93.0 cm³/mol. The summed E-state index contributed by atoms with van der Waals surface area (Å²) in [5, 5.41) is 10.5. The topological polar surface area (TPSA) is 59.0 Å². The van der Waals surface area contributed by atoms with E-state index in [0.717, 1.165) is 25.2 Å². The van der Waals surface area contributed by atoms with Gasteiger partial charge in [0.05, 0.1) is 5.69 Å². The minimum absolute atomic E-state index is 0. The summed E-state index contributed by atoms with van der Waals surface area (Å²) in [6.07, 6.45) is 4.54. The summed E-state index contributed by atoms with van der Waals surface area (Å²) >= 11 is 0. The summed E-state index contributed by atoms with van der Waals surface area (Å²) in [6, 6.07) is 10.2. The van der Waals surface area contributed by atoms with Gasteiger partial charge in [-0.15, -0.1) is 12.4 Å². The van der Waals surface area contributed by atoms with E-state index in [2.05, 4.69) is 27.9 Å². The molecule has 3 rings (SSSR count). The van der Waals surface area contributed by atoms with Crippen molar-refractivity contribution in [3.05, 3.63) is 48.3 Å². The van der Waals surface area contributed by atoms with E-state index in [4.69, 9.17) is 0 Å². The lowest BCUT2D eigenvalue weighted by atomic mass is 9.88. The van der Waals surface area contributed by atoms with Gasteiger partial charge in [0.2, 0.25) is 5.91 Å². The van der Waals surface area contributed by atoms with Crippen molar-refractivity contribution in [2.75, 3.05) is 19.6 Å². The van der Waals surface area contributed by atoms with Crippen LogP contribution in [0.5, 0.6) is 0 Å². The molecule has 6 heteroatoms. The molecule has 0 saturated carbocycles. The van der Waals surface area contributed by atoms with Crippen LogP contribution in [0.15, 0.2) is 42.7 Å². The highest BCUT2D eigenvalue weighted by atomic mass is 35.5. The average Bonchev–Trinajstić information content (AvgIpc) is 3.00. The molecular weight excluding hydrogens is 312 g/mol. The van der Waals surface area contributed by atoms with Crippen LogP contribution in [-0.2, 0) is 11.2 Å². The molecule has 5 nitrogen and oxygen atoms in total. The number of nitrogens with one attached hydrogen (secondary N) is 2. The maximum atomic E-state index is 12.0. The molecule has 0 spiro atoms. The number of aromatic nitrogens is 2. The van der Waals surface area contributed by atoms with Crippen molar-refractivity contribution in [3.8, 4) is 5.69 Å². The molecule has 0 radical (unpaired) electrons. The van der Waals surface area contributed by atoms with Gasteiger partial charge in [-0.3, -0.25) is 4.79 Å². The van der Waals surface area contributed by atoms with Crippen molar-refractivity contribution in [3.63, 3.8) is 0 Å². The second kappa shape index (κ2) is 8.13. The fourth-order valence-electron chi connectivity index (χ4n) is 2.61. The average molecular weight is 335 g/mol. The van der Waals surface area contributed by atoms with Gasteiger partial charge in [0.25, 0.3) is 0 Å². The molecule has 2 heterocycles. The van der Waals surface area contributed by atoms with E-state index in [1.807, 2.05) is 36.0 Å². The van der Waals surface area contributed by atoms with Gasteiger partial charge in [-0.05, 0) is 49.2 Å². The monoisotopic (exact) mass is 334 g/mol. The lowest BCUT2D eigenvalue weighted by molar-refractivity contribution is -0.126. The largest absolute Gasteiger partial charge is 0.356 e. The Morgan fingerprint density at radius 1 is 1.39 bits per heavy atom. The Labute approximate surface area is 142 Å². The van der Waals surface area contributed by atoms with Crippen molar-refractivity contribution >= 4 is 18.3 Å².